The Morgan fingerprint density at radius 3 is 2.48 bits per heavy atom. The Labute approximate surface area is 139 Å². The van der Waals surface area contributed by atoms with Gasteiger partial charge in [-0.1, -0.05) is 20.8 Å². The molecule has 3 aliphatic heterocycles. The topological polar surface area (TPSA) is 66.3 Å². The van der Waals surface area contributed by atoms with Crippen molar-refractivity contribution in [2.45, 2.75) is 70.7 Å². The van der Waals surface area contributed by atoms with Crippen molar-refractivity contribution in [2.75, 3.05) is 19.8 Å². The van der Waals surface area contributed by atoms with Crippen molar-refractivity contribution in [2.24, 2.45) is 4.99 Å². The molecule has 6 nitrogen and oxygen atoms in total. The Balaban J connectivity index is 2.14. The van der Waals surface area contributed by atoms with Gasteiger partial charge in [-0.15, -0.1) is 0 Å². The van der Waals surface area contributed by atoms with Gasteiger partial charge in [0.2, 0.25) is 0 Å². The third-order valence-electron chi connectivity index (χ3n) is 4.78. The SMILES string of the molecule is CC1(C)OCC2N=C(CO[Si](C)(C)C(C)(C)C)C(CO1)OC2=O. The molecule has 0 saturated carbocycles. The highest BCUT2D eigenvalue weighted by atomic mass is 28.4. The van der Waals surface area contributed by atoms with E-state index in [4.69, 9.17) is 18.6 Å². The highest BCUT2D eigenvalue weighted by Crippen LogP contribution is 2.36. The average molecular weight is 343 g/mol. The van der Waals surface area contributed by atoms with Crippen LogP contribution in [-0.2, 0) is 23.4 Å². The number of carbonyl (C=O) groups is 1. The van der Waals surface area contributed by atoms with Crippen molar-refractivity contribution < 1.29 is 23.4 Å². The van der Waals surface area contributed by atoms with Crippen LogP contribution in [0.25, 0.3) is 0 Å². The summed E-state index contributed by atoms with van der Waals surface area (Å²) in [4.78, 5) is 16.5. The highest BCUT2D eigenvalue weighted by molar-refractivity contribution is 6.74. The monoisotopic (exact) mass is 343 g/mol. The Hall–Kier alpha value is -0.763. The molecule has 7 heteroatoms. The van der Waals surface area contributed by atoms with E-state index in [0.29, 0.717) is 6.61 Å². The fourth-order valence-corrected chi connectivity index (χ4v) is 3.00. The molecule has 3 aliphatic rings. The van der Waals surface area contributed by atoms with Crippen LogP contribution in [0.15, 0.2) is 4.99 Å². The van der Waals surface area contributed by atoms with E-state index in [0.717, 1.165) is 5.71 Å². The third-order valence-corrected chi connectivity index (χ3v) is 9.26. The number of fused-ring (bicyclic) bond motifs is 5. The lowest BCUT2D eigenvalue weighted by molar-refractivity contribution is -0.214. The highest BCUT2D eigenvalue weighted by Gasteiger charge is 2.41. The molecule has 3 rings (SSSR count). The normalized spacial score (nSPS) is 28.5. The van der Waals surface area contributed by atoms with Crippen LogP contribution in [0.4, 0.5) is 0 Å². The van der Waals surface area contributed by atoms with Crippen molar-refractivity contribution in [3.63, 3.8) is 0 Å². The van der Waals surface area contributed by atoms with E-state index in [9.17, 15) is 4.79 Å². The van der Waals surface area contributed by atoms with Crippen molar-refractivity contribution in [1.82, 2.24) is 0 Å². The summed E-state index contributed by atoms with van der Waals surface area (Å²) in [6.45, 7) is 15.4. The van der Waals surface area contributed by atoms with Crippen molar-refractivity contribution in [3.8, 4) is 0 Å². The van der Waals surface area contributed by atoms with Crippen molar-refractivity contribution >= 4 is 20.0 Å². The van der Waals surface area contributed by atoms with Gasteiger partial charge in [0.15, 0.2) is 26.3 Å². The van der Waals surface area contributed by atoms with Gasteiger partial charge in [0.05, 0.1) is 25.5 Å². The number of nitrogens with zero attached hydrogens (tertiary/aromatic N) is 1. The van der Waals surface area contributed by atoms with E-state index < -0.39 is 26.3 Å². The molecule has 2 unspecified atom stereocenters. The maximum Gasteiger partial charge on any atom is 0.334 e. The lowest BCUT2D eigenvalue weighted by Crippen LogP contribution is -2.47. The van der Waals surface area contributed by atoms with Crippen LogP contribution in [0.3, 0.4) is 0 Å². The number of aliphatic imine (C=N–C) groups is 1. The van der Waals surface area contributed by atoms with Gasteiger partial charge < -0.3 is 18.6 Å². The second kappa shape index (κ2) is 6.27. The molecule has 0 aliphatic carbocycles. The van der Waals surface area contributed by atoms with Crippen molar-refractivity contribution in [1.29, 1.82) is 0 Å². The summed E-state index contributed by atoms with van der Waals surface area (Å²) < 4.78 is 23.1. The summed E-state index contributed by atoms with van der Waals surface area (Å²) in [5, 5.41) is 0.114. The largest absolute Gasteiger partial charge is 0.452 e. The summed E-state index contributed by atoms with van der Waals surface area (Å²) in [7, 11) is -1.90. The third kappa shape index (κ3) is 4.41. The molecule has 2 bridgehead atoms. The van der Waals surface area contributed by atoms with Gasteiger partial charge in [-0.05, 0) is 32.0 Å². The average Bonchev–Trinajstić information content (AvgIpc) is 2.49. The van der Waals surface area contributed by atoms with Gasteiger partial charge in [0.25, 0.3) is 0 Å². The molecule has 0 amide bonds. The molecule has 23 heavy (non-hydrogen) atoms. The molecule has 1 saturated heterocycles. The summed E-state index contributed by atoms with van der Waals surface area (Å²) in [5.74, 6) is -1.11. The van der Waals surface area contributed by atoms with Gasteiger partial charge in [-0.3, -0.25) is 4.99 Å². The van der Waals surface area contributed by atoms with E-state index in [1.54, 1.807) is 0 Å². The molecular weight excluding hydrogens is 314 g/mol. The Morgan fingerprint density at radius 1 is 1.26 bits per heavy atom. The zero-order valence-electron chi connectivity index (χ0n) is 15.3. The minimum atomic E-state index is -1.90. The lowest BCUT2D eigenvalue weighted by atomic mass is 10.2. The number of esters is 1. The number of carbonyl (C=O) groups excluding carboxylic acids is 1. The molecule has 0 spiro atoms. The molecule has 3 heterocycles. The fourth-order valence-electron chi connectivity index (χ4n) is 2.06. The predicted molar refractivity (Wildman–Crippen MR) is 90.2 cm³/mol. The quantitative estimate of drug-likeness (QED) is 0.582. The number of hydrogen-bond donors (Lipinski definition) is 0. The van der Waals surface area contributed by atoms with Gasteiger partial charge >= 0.3 is 5.97 Å². The van der Waals surface area contributed by atoms with E-state index >= 15 is 0 Å². The molecule has 132 valence electrons. The smallest absolute Gasteiger partial charge is 0.334 e. The summed E-state index contributed by atoms with van der Waals surface area (Å²) in [5.41, 5.74) is 0.737. The molecule has 0 radical (unpaired) electrons. The van der Waals surface area contributed by atoms with Gasteiger partial charge in [-0.25, -0.2) is 4.79 Å². The van der Waals surface area contributed by atoms with E-state index in [-0.39, 0.29) is 24.2 Å². The van der Waals surface area contributed by atoms with E-state index in [1.807, 2.05) is 13.8 Å². The first-order valence-corrected chi connectivity index (χ1v) is 11.0. The van der Waals surface area contributed by atoms with Crippen LogP contribution in [0.2, 0.25) is 18.1 Å². The first kappa shape index (κ1) is 18.6. The summed E-state index contributed by atoms with van der Waals surface area (Å²) >= 11 is 0. The number of hydrogen-bond acceptors (Lipinski definition) is 6. The fraction of sp³-hybridized carbons (Fsp3) is 0.875. The van der Waals surface area contributed by atoms with Gasteiger partial charge in [0.1, 0.15) is 0 Å². The lowest BCUT2D eigenvalue weighted by Gasteiger charge is -2.37. The zero-order chi connectivity index (χ0) is 17.5. The summed E-state index contributed by atoms with van der Waals surface area (Å²) in [6, 6.07) is -0.634. The second-order valence-electron chi connectivity index (χ2n) is 8.13. The number of ether oxygens (including phenoxy) is 3. The standard InChI is InChI=1S/C16H29NO5Si/c1-15(2,3)23(6,7)21-9-11-13-10-20-16(4,5)19-8-12(17-11)14(18)22-13/h12-13H,8-10H2,1-7H3. The maximum absolute atomic E-state index is 12.0. The Bertz CT molecular complexity index is 495. The van der Waals surface area contributed by atoms with Crippen LogP contribution in [0, 0.1) is 0 Å². The van der Waals surface area contributed by atoms with Crippen LogP contribution in [0.5, 0.6) is 0 Å². The van der Waals surface area contributed by atoms with Crippen LogP contribution in [0.1, 0.15) is 34.6 Å². The molecule has 0 aromatic carbocycles. The van der Waals surface area contributed by atoms with E-state index in [1.165, 1.54) is 0 Å². The molecule has 0 N–H and O–H groups in total. The first-order valence-electron chi connectivity index (χ1n) is 8.10. The molecule has 0 aromatic rings. The second-order valence-corrected chi connectivity index (χ2v) is 12.9. The van der Waals surface area contributed by atoms with Crippen LogP contribution in [-0.4, -0.2) is 57.8 Å². The van der Waals surface area contributed by atoms with Crippen molar-refractivity contribution in [3.05, 3.63) is 0 Å². The minimum Gasteiger partial charge on any atom is -0.452 e. The first-order chi connectivity index (χ1) is 10.4. The summed E-state index contributed by atoms with van der Waals surface area (Å²) in [6.07, 6.45) is -0.496. The number of rotatable bonds is 3. The Kier molecular flexibility index (Phi) is 5.07. The molecule has 0 aromatic heterocycles. The maximum atomic E-state index is 12.0. The van der Waals surface area contributed by atoms with Gasteiger partial charge in [0, 0.05) is 0 Å². The molecule has 1 fully saturated rings. The molecular formula is C16H29NO5Si. The van der Waals surface area contributed by atoms with Crippen LogP contribution >= 0.6 is 0 Å². The zero-order valence-corrected chi connectivity index (χ0v) is 16.3. The van der Waals surface area contributed by atoms with E-state index in [2.05, 4.69) is 38.9 Å². The van der Waals surface area contributed by atoms with Gasteiger partial charge in [-0.2, -0.15) is 0 Å². The van der Waals surface area contributed by atoms with Crippen LogP contribution < -0.4 is 0 Å². The Morgan fingerprint density at radius 2 is 1.87 bits per heavy atom. The molecule has 2 atom stereocenters. The predicted octanol–water partition coefficient (Wildman–Crippen LogP) is 2.53. The minimum absolute atomic E-state index is 0.114.